The van der Waals surface area contributed by atoms with Crippen LogP contribution in [0.15, 0.2) is 48.5 Å². The quantitative estimate of drug-likeness (QED) is 0.351. The molecule has 1 spiro atoms. The second-order valence-electron chi connectivity index (χ2n) is 10.7. The summed E-state index contributed by atoms with van der Waals surface area (Å²) >= 11 is 5.80. The zero-order chi connectivity index (χ0) is 27.6. The standard InChI is InChI=1S/C28H33ClF3NO5/c1-26(2,3)38-25(34)33-14-7-12-27(24(33)19-8-5-4-6-9-19)17-20(18-36-27)22-16-21(37-28(30,31)32)10-11-23(22)35-15-13-29/h4-6,8-11,16,20,24H,7,12-15,17-18H2,1-3H3/t20-,24-,27+/m0/s1/i28+2. The molecule has 2 heterocycles. The van der Waals surface area contributed by atoms with Gasteiger partial charge < -0.3 is 18.9 Å². The lowest BCUT2D eigenvalue weighted by Gasteiger charge is -2.47. The number of rotatable bonds is 6. The van der Waals surface area contributed by atoms with Gasteiger partial charge in [0.15, 0.2) is 0 Å². The average Bonchev–Trinajstić information content (AvgIpc) is 3.25. The van der Waals surface area contributed by atoms with Crippen molar-refractivity contribution in [3.8, 4) is 11.5 Å². The molecule has 0 N–H and O–H groups in total. The summed E-state index contributed by atoms with van der Waals surface area (Å²) in [5.41, 5.74) is 0.0305. The molecule has 2 aromatic rings. The van der Waals surface area contributed by atoms with Crippen molar-refractivity contribution in [3.63, 3.8) is 0 Å². The molecule has 3 atom stereocenters. The maximum absolute atomic E-state index is 13.3. The van der Waals surface area contributed by atoms with E-state index in [1.54, 1.807) is 4.90 Å². The average molecular weight is 558 g/mol. The molecule has 0 aromatic heterocycles. The second-order valence-corrected chi connectivity index (χ2v) is 11.0. The summed E-state index contributed by atoms with van der Waals surface area (Å²) in [6, 6.07) is 13.3. The van der Waals surface area contributed by atoms with Gasteiger partial charge in [0.05, 0.1) is 24.1 Å². The predicted molar refractivity (Wildman–Crippen MR) is 137 cm³/mol. The molecular weight excluding hydrogens is 525 g/mol. The Morgan fingerprint density at radius 3 is 2.58 bits per heavy atom. The smallest absolute Gasteiger partial charge is 0.492 e. The van der Waals surface area contributed by atoms with Crippen LogP contribution in [0.1, 0.15) is 63.1 Å². The first-order valence-electron chi connectivity index (χ1n) is 12.7. The van der Waals surface area contributed by atoms with Crippen LogP contribution in [0.4, 0.5) is 18.0 Å². The van der Waals surface area contributed by atoms with Gasteiger partial charge in [-0.05, 0) is 63.8 Å². The van der Waals surface area contributed by atoms with E-state index < -0.39 is 29.7 Å². The van der Waals surface area contributed by atoms with Gasteiger partial charge in [-0.2, -0.15) is 0 Å². The molecule has 0 unspecified atom stereocenters. The molecule has 38 heavy (non-hydrogen) atoms. The number of nitrogens with zero attached hydrogens (tertiary/aromatic N) is 1. The van der Waals surface area contributed by atoms with E-state index >= 15 is 0 Å². The molecule has 1 amide bonds. The van der Waals surface area contributed by atoms with Crippen LogP contribution in [0, 0.1) is 0 Å². The Morgan fingerprint density at radius 2 is 1.92 bits per heavy atom. The van der Waals surface area contributed by atoms with Crippen LogP contribution >= 0.6 is 11.6 Å². The molecule has 4 rings (SSSR count). The fourth-order valence-corrected chi connectivity index (χ4v) is 5.50. The predicted octanol–water partition coefficient (Wildman–Crippen LogP) is 7.22. The molecular formula is C28H33ClF3NO5. The van der Waals surface area contributed by atoms with Gasteiger partial charge in [-0.25, -0.2) is 4.79 Å². The van der Waals surface area contributed by atoms with Gasteiger partial charge in [0, 0.05) is 18.0 Å². The molecule has 2 aliphatic rings. The second kappa shape index (κ2) is 11.2. The number of hydrogen-bond donors (Lipinski definition) is 0. The van der Waals surface area contributed by atoms with Gasteiger partial charge in [0.1, 0.15) is 23.7 Å². The van der Waals surface area contributed by atoms with E-state index in [0.29, 0.717) is 37.1 Å². The SMILES string of the molecule is CC(C)(C)OC(=O)N1CCC[C@@]2(C[C@H](c3cc(O[14C](F)(F)F)ccc3OCCCl)CO2)[C@@H]1c1ccccc1. The van der Waals surface area contributed by atoms with Gasteiger partial charge in [-0.15, -0.1) is 24.8 Å². The maximum atomic E-state index is 13.3. The highest BCUT2D eigenvalue weighted by atomic mass is 35.5. The number of alkyl halides is 4. The lowest BCUT2D eigenvalue weighted by molar-refractivity contribution is -0.274. The Morgan fingerprint density at radius 1 is 1.18 bits per heavy atom. The highest BCUT2D eigenvalue weighted by Crippen LogP contribution is 2.53. The van der Waals surface area contributed by atoms with E-state index in [9.17, 15) is 18.0 Å². The molecule has 208 valence electrons. The molecule has 0 saturated carbocycles. The van der Waals surface area contributed by atoms with Crippen LogP contribution in [-0.2, 0) is 9.47 Å². The fourth-order valence-electron chi connectivity index (χ4n) is 5.42. The minimum Gasteiger partial charge on any atom is -0.492 e. The van der Waals surface area contributed by atoms with Crippen LogP contribution in [0.3, 0.4) is 0 Å². The zero-order valence-electron chi connectivity index (χ0n) is 21.7. The Bertz CT molecular complexity index is 1110. The van der Waals surface area contributed by atoms with Crippen molar-refractivity contribution < 1.29 is 36.9 Å². The van der Waals surface area contributed by atoms with Crippen LogP contribution in [0.5, 0.6) is 11.5 Å². The molecule has 0 bridgehead atoms. The Kier molecular flexibility index (Phi) is 8.37. The Balaban J connectivity index is 1.69. The number of likely N-dealkylation sites (tertiary alicyclic amines) is 1. The Hall–Kier alpha value is -2.65. The van der Waals surface area contributed by atoms with Crippen molar-refractivity contribution in [1.82, 2.24) is 4.90 Å². The molecule has 6 nitrogen and oxygen atoms in total. The minimum absolute atomic E-state index is 0.200. The molecule has 0 radical (unpaired) electrons. The van der Waals surface area contributed by atoms with E-state index in [0.717, 1.165) is 5.56 Å². The Labute approximate surface area is 225 Å². The topological polar surface area (TPSA) is 57.2 Å². The van der Waals surface area contributed by atoms with Gasteiger partial charge >= 0.3 is 12.5 Å². The number of carbonyl (C=O) groups excluding carboxylic acids is 1. The molecule has 2 saturated heterocycles. The first-order chi connectivity index (χ1) is 17.9. The number of carbonyl (C=O) groups is 1. The van der Waals surface area contributed by atoms with Crippen molar-refractivity contribution in [2.75, 3.05) is 25.6 Å². The first kappa shape index (κ1) is 28.4. The summed E-state index contributed by atoms with van der Waals surface area (Å²) in [5, 5.41) is 0. The number of hydrogen-bond acceptors (Lipinski definition) is 5. The molecule has 0 aliphatic carbocycles. The van der Waals surface area contributed by atoms with Crippen molar-refractivity contribution in [1.29, 1.82) is 0 Å². The lowest BCUT2D eigenvalue weighted by atomic mass is 9.76. The summed E-state index contributed by atoms with van der Waals surface area (Å²) in [4.78, 5) is 15.1. The molecule has 2 fully saturated rings. The number of halogens is 4. The van der Waals surface area contributed by atoms with E-state index in [4.69, 9.17) is 25.8 Å². The largest absolute Gasteiger partial charge is 0.573 e. The highest BCUT2D eigenvalue weighted by Gasteiger charge is 2.53. The number of benzene rings is 2. The van der Waals surface area contributed by atoms with E-state index in [2.05, 4.69) is 4.74 Å². The third kappa shape index (κ3) is 6.67. The van der Waals surface area contributed by atoms with E-state index in [1.807, 2.05) is 51.1 Å². The monoisotopic (exact) mass is 557 g/mol. The summed E-state index contributed by atoms with van der Waals surface area (Å²) < 4.78 is 61.2. The van der Waals surface area contributed by atoms with Crippen molar-refractivity contribution in [2.24, 2.45) is 0 Å². The molecule has 2 aliphatic heterocycles. The molecule has 10 heteroatoms. The third-order valence-corrected chi connectivity index (χ3v) is 6.86. The minimum atomic E-state index is -4.82. The number of piperidine rings is 1. The van der Waals surface area contributed by atoms with Gasteiger partial charge in [0.2, 0.25) is 0 Å². The fraction of sp³-hybridized carbons (Fsp3) is 0.536. The van der Waals surface area contributed by atoms with Gasteiger partial charge in [-0.3, -0.25) is 4.90 Å². The normalized spacial score (nSPS) is 23.9. The van der Waals surface area contributed by atoms with E-state index in [1.165, 1.54) is 18.2 Å². The third-order valence-electron chi connectivity index (χ3n) is 6.71. The number of amides is 1. The van der Waals surface area contributed by atoms with Crippen molar-refractivity contribution in [2.45, 2.75) is 69.6 Å². The number of ether oxygens (including phenoxy) is 4. The van der Waals surface area contributed by atoms with Crippen molar-refractivity contribution in [3.05, 3.63) is 59.7 Å². The summed E-state index contributed by atoms with van der Waals surface area (Å²) in [6.45, 7) is 6.42. The van der Waals surface area contributed by atoms with Crippen LogP contribution in [0.25, 0.3) is 0 Å². The summed E-state index contributed by atoms with van der Waals surface area (Å²) in [5.74, 6) is 0.0424. The van der Waals surface area contributed by atoms with Crippen LogP contribution in [-0.4, -0.2) is 54.2 Å². The van der Waals surface area contributed by atoms with Crippen LogP contribution in [0.2, 0.25) is 0 Å². The van der Waals surface area contributed by atoms with E-state index in [-0.39, 0.29) is 30.8 Å². The lowest BCUT2D eigenvalue weighted by Crippen LogP contribution is -2.53. The zero-order valence-corrected chi connectivity index (χ0v) is 22.5. The van der Waals surface area contributed by atoms with Gasteiger partial charge in [-0.1, -0.05) is 30.3 Å². The summed E-state index contributed by atoms with van der Waals surface area (Å²) in [7, 11) is 0. The first-order valence-corrected chi connectivity index (χ1v) is 13.2. The molecule has 2 aromatic carbocycles. The van der Waals surface area contributed by atoms with Gasteiger partial charge in [0.25, 0.3) is 0 Å². The maximum Gasteiger partial charge on any atom is 0.573 e. The van der Waals surface area contributed by atoms with Crippen molar-refractivity contribution >= 4 is 17.7 Å². The van der Waals surface area contributed by atoms with Crippen LogP contribution < -0.4 is 9.47 Å². The highest BCUT2D eigenvalue weighted by molar-refractivity contribution is 6.18. The summed E-state index contributed by atoms with van der Waals surface area (Å²) in [6.07, 6.45) is -3.40.